The standard InChI is InChI=1S/C53H100O6/c1-4-7-10-13-16-19-21-22-23-24-25-26-27-28-29-30-31-32-33-35-37-40-43-46-52(55)58-49-50(48-57-51(54)45-42-39-36-18-15-12-9-6-3)59-53(56)47-44-41-38-34-20-17-14-11-8-5-2/h11,14,50H,4-10,12-13,15-49H2,1-3H3/b14-11-. The zero-order chi connectivity index (χ0) is 43.0. The molecule has 0 rings (SSSR count). The van der Waals surface area contributed by atoms with E-state index in [0.29, 0.717) is 19.3 Å². The van der Waals surface area contributed by atoms with E-state index in [-0.39, 0.29) is 31.1 Å². The third-order valence-electron chi connectivity index (χ3n) is 11.8. The summed E-state index contributed by atoms with van der Waals surface area (Å²) in [5, 5.41) is 0. The van der Waals surface area contributed by atoms with E-state index in [2.05, 4.69) is 32.9 Å². The lowest BCUT2D eigenvalue weighted by Gasteiger charge is -2.18. The van der Waals surface area contributed by atoms with Crippen molar-refractivity contribution in [2.45, 2.75) is 297 Å². The molecular formula is C53H100O6. The van der Waals surface area contributed by atoms with Crippen LogP contribution in [0.15, 0.2) is 12.2 Å². The summed E-state index contributed by atoms with van der Waals surface area (Å²) in [5.74, 6) is -0.871. The number of ether oxygens (including phenoxy) is 3. The van der Waals surface area contributed by atoms with Crippen molar-refractivity contribution in [3.63, 3.8) is 0 Å². The zero-order valence-electron chi connectivity index (χ0n) is 39.8. The van der Waals surface area contributed by atoms with Crippen molar-refractivity contribution in [3.8, 4) is 0 Å². The molecule has 348 valence electrons. The summed E-state index contributed by atoms with van der Waals surface area (Å²) in [6, 6.07) is 0. The first-order valence-corrected chi connectivity index (χ1v) is 26.2. The monoisotopic (exact) mass is 833 g/mol. The van der Waals surface area contributed by atoms with Gasteiger partial charge in [0.15, 0.2) is 6.10 Å². The third kappa shape index (κ3) is 47.1. The predicted octanol–water partition coefficient (Wildman–Crippen LogP) is 17.0. The molecule has 59 heavy (non-hydrogen) atoms. The molecule has 0 heterocycles. The van der Waals surface area contributed by atoms with Gasteiger partial charge < -0.3 is 14.2 Å². The maximum Gasteiger partial charge on any atom is 0.306 e. The first-order valence-electron chi connectivity index (χ1n) is 26.2. The first kappa shape index (κ1) is 57.1. The molecule has 0 radical (unpaired) electrons. The van der Waals surface area contributed by atoms with Gasteiger partial charge in [-0.3, -0.25) is 14.4 Å². The van der Waals surface area contributed by atoms with Crippen LogP contribution in [0.5, 0.6) is 0 Å². The second kappa shape index (κ2) is 48.8. The molecule has 6 heteroatoms. The molecule has 0 aromatic carbocycles. The molecule has 0 aliphatic rings. The molecule has 1 atom stereocenters. The minimum Gasteiger partial charge on any atom is -0.462 e. The molecule has 1 unspecified atom stereocenters. The van der Waals surface area contributed by atoms with Gasteiger partial charge in [-0.2, -0.15) is 0 Å². The van der Waals surface area contributed by atoms with Crippen molar-refractivity contribution in [2.24, 2.45) is 0 Å². The van der Waals surface area contributed by atoms with E-state index >= 15 is 0 Å². The first-order chi connectivity index (χ1) is 29.0. The van der Waals surface area contributed by atoms with E-state index in [1.165, 1.54) is 180 Å². The van der Waals surface area contributed by atoms with Gasteiger partial charge in [-0.05, 0) is 38.5 Å². The topological polar surface area (TPSA) is 78.9 Å². The van der Waals surface area contributed by atoms with Crippen LogP contribution < -0.4 is 0 Å². The van der Waals surface area contributed by atoms with Gasteiger partial charge in [0, 0.05) is 19.3 Å². The molecular weight excluding hydrogens is 733 g/mol. The van der Waals surface area contributed by atoms with Gasteiger partial charge in [0.25, 0.3) is 0 Å². The number of rotatable bonds is 48. The van der Waals surface area contributed by atoms with Gasteiger partial charge in [-0.25, -0.2) is 0 Å². The van der Waals surface area contributed by atoms with E-state index in [1.807, 2.05) is 0 Å². The molecule has 6 nitrogen and oxygen atoms in total. The largest absolute Gasteiger partial charge is 0.462 e. The van der Waals surface area contributed by atoms with Crippen LogP contribution in [0.1, 0.15) is 290 Å². The lowest BCUT2D eigenvalue weighted by Crippen LogP contribution is -2.30. The average Bonchev–Trinajstić information content (AvgIpc) is 3.23. The van der Waals surface area contributed by atoms with Crippen LogP contribution in [-0.4, -0.2) is 37.2 Å². The molecule has 0 bridgehead atoms. The Kier molecular flexibility index (Phi) is 47.3. The molecule has 0 amide bonds. The summed E-state index contributed by atoms with van der Waals surface area (Å²) in [7, 11) is 0. The second-order valence-electron chi connectivity index (χ2n) is 17.8. The number of hydrogen-bond donors (Lipinski definition) is 0. The van der Waals surface area contributed by atoms with E-state index < -0.39 is 6.10 Å². The Morgan fingerprint density at radius 2 is 0.593 bits per heavy atom. The molecule has 0 aliphatic carbocycles. The van der Waals surface area contributed by atoms with Crippen LogP contribution >= 0.6 is 0 Å². The molecule has 0 saturated heterocycles. The van der Waals surface area contributed by atoms with E-state index in [9.17, 15) is 14.4 Å². The fourth-order valence-corrected chi connectivity index (χ4v) is 7.80. The van der Waals surface area contributed by atoms with Crippen molar-refractivity contribution in [1.29, 1.82) is 0 Å². The number of carbonyl (C=O) groups is 3. The van der Waals surface area contributed by atoms with Crippen LogP contribution in [0.25, 0.3) is 0 Å². The highest BCUT2D eigenvalue weighted by Gasteiger charge is 2.19. The van der Waals surface area contributed by atoms with Crippen LogP contribution in [0.3, 0.4) is 0 Å². The van der Waals surface area contributed by atoms with Crippen molar-refractivity contribution in [2.75, 3.05) is 13.2 Å². The van der Waals surface area contributed by atoms with Crippen LogP contribution in [0.2, 0.25) is 0 Å². The summed E-state index contributed by atoms with van der Waals surface area (Å²) < 4.78 is 16.7. The molecule has 0 N–H and O–H groups in total. The SMILES string of the molecule is CCC/C=C\CCCCCCCC(=O)OC(COC(=O)CCCCCCCCCC)COC(=O)CCCCCCCCCCCCCCCCCCCCCCCCC. The number of carbonyl (C=O) groups excluding carboxylic acids is 3. The maximum absolute atomic E-state index is 12.7. The van der Waals surface area contributed by atoms with Gasteiger partial charge in [-0.1, -0.05) is 245 Å². The van der Waals surface area contributed by atoms with Gasteiger partial charge in [0.1, 0.15) is 13.2 Å². The highest BCUT2D eigenvalue weighted by atomic mass is 16.6. The Balaban J connectivity index is 4.08. The number of unbranched alkanes of at least 4 members (excludes halogenated alkanes) is 35. The Labute approximate surface area is 367 Å². The summed E-state index contributed by atoms with van der Waals surface area (Å²) in [5.41, 5.74) is 0. The molecule has 0 spiro atoms. The Morgan fingerprint density at radius 1 is 0.322 bits per heavy atom. The average molecular weight is 833 g/mol. The zero-order valence-corrected chi connectivity index (χ0v) is 39.8. The number of allylic oxidation sites excluding steroid dienone is 2. The van der Waals surface area contributed by atoms with Crippen molar-refractivity contribution >= 4 is 17.9 Å². The van der Waals surface area contributed by atoms with Crippen molar-refractivity contribution < 1.29 is 28.6 Å². The van der Waals surface area contributed by atoms with Crippen LogP contribution in [0, 0.1) is 0 Å². The summed E-state index contributed by atoms with van der Waals surface area (Å²) in [6.07, 6.45) is 53.7. The van der Waals surface area contributed by atoms with E-state index in [0.717, 1.165) is 70.6 Å². The second-order valence-corrected chi connectivity index (χ2v) is 17.8. The number of esters is 3. The Hall–Kier alpha value is -1.85. The molecule has 0 aromatic heterocycles. The summed E-state index contributed by atoms with van der Waals surface area (Å²) >= 11 is 0. The van der Waals surface area contributed by atoms with Crippen molar-refractivity contribution in [3.05, 3.63) is 12.2 Å². The normalized spacial score (nSPS) is 12.0. The van der Waals surface area contributed by atoms with Crippen LogP contribution in [-0.2, 0) is 28.6 Å². The fraction of sp³-hybridized carbons (Fsp3) is 0.906. The molecule has 0 saturated carbocycles. The van der Waals surface area contributed by atoms with Gasteiger partial charge in [0.2, 0.25) is 0 Å². The third-order valence-corrected chi connectivity index (χ3v) is 11.8. The Bertz CT molecular complexity index is 916. The van der Waals surface area contributed by atoms with E-state index in [4.69, 9.17) is 14.2 Å². The smallest absolute Gasteiger partial charge is 0.306 e. The minimum absolute atomic E-state index is 0.0689. The summed E-state index contributed by atoms with van der Waals surface area (Å²) in [6.45, 7) is 6.57. The highest BCUT2D eigenvalue weighted by Crippen LogP contribution is 2.17. The van der Waals surface area contributed by atoms with Crippen LogP contribution in [0.4, 0.5) is 0 Å². The number of hydrogen-bond acceptors (Lipinski definition) is 6. The lowest BCUT2D eigenvalue weighted by atomic mass is 10.0. The highest BCUT2D eigenvalue weighted by molar-refractivity contribution is 5.71. The fourth-order valence-electron chi connectivity index (χ4n) is 7.80. The molecule has 0 fully saturated rings. The van der Waals surface area contributed by atoms with Gasteiger partial charge in [0.05, 0.1) is 0 Å². The molecule has 0 aliphatic heterocycles. The summed E-state index contributed by atoms with van der Waals surface area (Å²) in [4.78, 5) is 37.7. The van der Waals surface area contributed by atoms with E-state index in [1.54, 1.807) is 0 Å². The minimum atomic E-state index is -0.766. The Morgan fingerprint density at radius 3 is 0.915 bits per heavy atom. The van der Waals surface area contributed by atoms with Crippen molar-refractivity contribution in [1.82, 2.24) is 0 Å². The predicted molar refractivity (Wildman–Crippen MR) is 252 cm³/mol. The lowest BCUT2D eigenvalue weighted by molar-refractivity contribution is -0.167. The quantitative estimate of drug-likeness (QED) is 0.0263. The maximum atomic E-state index is 12.7. The van der Waals surface area contributed by atoms with Gasteiger partial charge in [-0.15, -0.1) is 0 Å². The van der Waals surface area contributed by atoms with Gasteiger partial charge >= 0.3 is 17.9 Å². The molecule has 0 aromatic rings.